The maximum atomic E-state index is 14.2. The second-order valence-corrected chi connectivity index (χ2v) is 21.7. The lowest BCUT2D eigenvalue weighted by Crippen LogP contribution is -2.58. The molecule has 0 bridgehead atoms. The van der Waals surface area contributed by atoms with Crippen molar-refractivity contribution < 1.29 is 38.2 Å². The number of benzene rings is 2. The van der Waals surface area contributed by atoms with E-state index in [0.29, 0.717) is 41.1 Å². The molecule has 2 fully saturated rings. The van der Waals surface area contributed by atoms with Crippen LogP contribution in [0, 0.1) is 33.1 Å². The lowest BCUT2D eigenvalue weighted by atomic mass is 9.85. The Morgan fingerprint density at radius 3 is 2.32 bits per heavy atom. The molecule has 4 aromatic heterocycles. The summed E-state index contributed by atoms with van der Waals surface area (Å²) in [5.41, 5.74) is 5.49. The monoisotopic (exact) mass is 1030 g/mol. The minimum atomic E-state index is -1.04. The summed E-state index contributed by atoms with van der Waals surface area (Å²) >= 11 is 7.92. The van der Waals surface area contributed by atoms with E-state index in [9.17, 15) is 24.3 Å². The van der Waals surface area contributed by atoms with Gasteiger partial charge in [0.2, 0.25) is 23.6 Å². The van der Waals surface area contributed by atoms with E-state index in [2.05, 4.69) is 50.0 Å². The zero-order valence-corrected chi connectivity index (χ0v) is 43.5. The number of carbonyl (C=O) groups excluding carboxylic acids is 4. The molecule has 6 aromatic rings. The quantitative estimate of drug-likeness (QED) is 0.0814. The van der Waals surface area contributed by atoms with Gasteiger partial charge in [0.05, 0.1) is 36.2 Å². The van der Waals surface area contributed by atoms with Crippen LogP contribution in [0.15, 0.2) is 82.7 Å². The number of aromatic nitrogens is 5. The second kappa shape index (κ2) is 20.9. The largest absolute Gasteiger partial charge is 0.482 e. The topological polar surface area (TPSA) is 228 Å². The van der Waals surface area contributed by atoms with Crippen LogP contribution in [0.3, 0.4) is 0 Å². The number of aliphatic imine (C=N–C) groups is 1. The molecule has 2 aromatic carbocycles. The molecule has 6 heterocycles. The van der Waals surface area contributed by atoms with E-state index < -0.39 is 60.0 Å². The first-order valence-corrected chi connectivity index (χ1v) is 25.5. The Labute approximate surface area is 432 Å². The molecule has 382 valence electrons. The number of fused-ring (bicyclic) bond motifs is 3. The number of carbonyl (C=O) groups is 4. The molecule has 18 nitrogen and oxygen atoms in total. The number of oxazole rings is 1. The first-order valence-electron chi connectivity index (χ1n) is 24.3. The Balaban J connectivity index is 0.750. The number of thiophene rings is 1. The SMILES string of the molecule is Cc1ncoc1-c1ccc([C@H](C)NC(=O)[C@@H]2C[C@@H](O)CN2C(=O)[C@@H](NC(=O)COc2ccc(O[C@H]3C[C@@H](NC(=O)C[C@@H]4N=C(c5ccc(Cl)cc5)c5c(sc(C)c5C)-n5c(C)nnc54)C3)nc2)C(C)(C)C)cc1. The fourth-order valence-corrected chi connectivity index (χ4v) is 10.8. The molecule has 0 spiro atoms. The van der Waals surface area contributed by atoms with Crippen LogP contribution in [-0.2, 0) is 19.2 Å². The van der Waals surface area contributed by atoms with Crippen LogP contribution in [0.5, 0.6) is 11.6 Å². The van der Waals surface area contributed by atoms with Crippen molar-refractivity contribution in [2.75, 3.05) is 13.2 Å². The zero-order chi connectivity index (χ0) is 51.9. The molecule has 0 radical (unpaired) electrons. The number of aliphatic hydroxyl groups is 1. The molecule has 2 aliphatic heterocycles. The maximum absolute atomic E-state index is 14.2. The standard InChI is InChI=1S/C53H59ClN10O8S/c1-27-30(4)73-52-45(27)46(33-13-15-35(54)16-14-33)59-40(49-62-61-31(5)64(49)52)22-42(66)58-36-19-39(20-36)72-44-18-17-38(23-55-44)70-25-43(67)60-48(53(6,7)8)51(69)63-24-37(65)21-41(63)50(68)57-28(2)32-9-11-34(12-10-32)47-29(3)56-26-71-47/h9-18,23,26,28,36-37,39-41,48,65H,19-22,24-25H2,1-8H3,(H,57,68)(H,58,66)(H,60,67)/t28-,36-,37+,39+,40-,41-,48+/m0/s1. The molecule has 0 unspecified atom stereocenters. The lowest BCUT2D eigenvalue weighted by Gasteiger charge is -2.35. The van der Waals surface area contributed by atoms with Gasteiger partial charge in [-0.15, -0.1) is 21.5 Å². The molecule has 1 aliphatic carbocycles. The average Bonchev–Trinajstić information content (AvgIpc) is 4.11. The van der Waals surface area contributed by atoms with E-state index in [-0.39, 0.29) is 37.4 Å². The van der Waals surface area contributed by atoms with Crippen LogP contribution < -0.4 is 25.4 Å². The highest BCUT2D eigenvalue weighted by molar-refractivity contribution is 7.15. The number of hydrogen-bond donors (Lipinski definition) is 4. The predicted molar refractivity (Wildman–Crippen MR) is 274 cm³/mol. The van der Waals surface area contributed by atoms with E-state index in [0.717, 1.165) is 54.9 Å². The minimum absolute atomic E-state index is 0.0551. The van der Waals surface area contributed by atoms with Crippen molar-refractivity contribution in [1.82, 2.24) is 45.6 Å². The highest BCUT2D eigenvalue weighted by Gasteiger charge is 2.45. The minimum Gasteiger partial charge on any atom is -0.482 e. The van der Waals surface area contributed by atoms with E-state index in [1.165, 1.54) is 17.5 Å². The van der Waals surface area contributed by atoms with E-state index in [4.69, 9.17) is 30.5 Å². The van der Waals surface area contributed by atoms with Crippen LogP contribution in [0.1, 0.15) is 110 Å². The Kier molecular flexibility index (Phi) is 14.6. The number of nitrogens with one attached hydrogen (secondary N) is 3. The smallest absolute Gasteiger partial charge is 0.258 e. The summed E-state index contributed by atoms with van der Waals surface area (Å²) in [5.74, 6) is 1.05. The summed E-state index contributed by atoms with van der Waals surface area (Å²) in [6, 6.07) is 15.3. The van der Waals surface area contributed by atoms with Gasteiger partial charge in [-0.25, -0.2) is 9.97 Å². The van der Waals surface area contributed by atoms with E-state index in [1.54, 1.807) is 23.5 Å². The van der Waals surface area contributed by atoms with E-state index >= 15 is 0 Å². The molecule has 9 rings (SSSR count). The van der Waals surface area contributed by atoms with Crippen molar-refractivity contribution in [3.63, 3.8) is 0 Å². The number of nitrogens with zero attached hydrogens (tertiary/aromatic N) is 7. The molecular weight excluding hydrogens is 972 g/mol. The summed E-state index contributed by atoms with van der Waals surface area (Å²) in [5, 5.41) is 30.1. The summed E-state index contributed by atoms with van der Waals surface area (Å²) in [4.78, 5) is 71.1. The molecule has 1 saturated heterocycles. The first-order chi connectivity index (χ1) is 34.8. The van der Waals surface area contributed by atoms with Crippen LogP contribution in [0.4, 0.5) is 0 Å². The third-order valence-electron chi connectivity index (χ3n) is 13.6. The Bertz CT molecular complexity index is 3050. The van der Waals surface area contributed by atoms with Gasteiger partial charge >= 0.3 is 0 Å². The number of aliphatic hydroxyl groups excluding tert-OH is 1. The van der Waals surface area contributed by atoms with Crippen molar-refractivity contribution in [3.05, 3.63) is 123 Å². The van der Waals surface area contributed by atoms with Crippen LogP contribution in [-0.4, -0.2) is 108 Å². The zero-order valence-electron chi connectivity index (χ0n) is 41.9. The van der Waals surface area contributed by atoms with Crippen molar-refractivity contribution in [2.45, 2.75) is 123 Å². The summed E-state index contributed by atoms with van der Waals surface area (Å²) in [6.07, 6.45) is 3.03. The number of halogens is 1. The number of rotatable bonds is 15. The molecule has 1 saturated carbocycles. The van der Waals surface area contributed by atoms with Crippen molar-refractivity contribution in [2.24, 2.45) is 10.4 Å². The van der Waals surface area contributed by atoms with Gasteiger partial charge in [-0.3, -0.25) is 28.7 Å². The fourth-order valence-electron chi connectivity index (χ4n) is 9.43. The van der Waals surface area contributed by atoms with Gasteiger partial charge in [0.15, 0.2) is 24.6 Å². The normalized spacial score (nSPS) is 20.1. The second-order valence-electron chi connectivity index (χ2n) is 20.1. The molecule has 20 heteroatoms. The van der Waals surface area contributed by atoms with Crippen LogP contribution >= 0.6 is 22.9 Å². The number of aryl methyl sites for hydroxylation is 3. The lowest BCUT2D eigenvalue weighted by molar-refractivity contribution is -0.144. The Morgan fingerprint density at radius 1 is 0.918 bits per heavy atom. The Morgan fingerprint density at radius 2 is 1.64 bits per heavy atom. The van der Waals surface area contributed by atoms with Crippen molar-refractivity contribution in [3.8, 4) is 28.0 Å². The van der Waals surface area contributed by atoms with Crippen molar-refractivity contribution >= 4 is 52.3 Å². The molecular formula is C53H59ClN10O8S. The van der Waals surface area contributed by atoms with Crippen molar-refractivity contribution in [1.29, 1.82) is 0 Å². The Hall–Kier alpha value is -6.96. The van der Waals surface area contributed by atoms with Gasteiger partial charge in [-0.2, -0.15) is 0 Å². The van der Waals surface area contributed by atoms with Gasteiger partial charge in [0.1, 0.15) is 40.8 Å². The first kappa shape index (κ1) is 51.0. The van der Waals surface area contributed by atoms with E-state index in [1.807, 2.05) is 94.6 Å². The average molecular weight is 1030 g/mol. The molecule has 5 atom stereocenters. The van der Waals surface area contributed by atoms with Crippen LogP contribution in [0.2, 0.25) is 5.02 Å². The van der Waals surface area contributed by atoms with Gasteiger partial charge < -0.3 is 39.8 Å². The highest BCUT2D eigenvalue weighted by atomic mass is 35.5. The summed E-state index contributed by atoms with van der Waals surface area (Å²) < 4.78 is 19.4. The third-order valence-corrected chi connectivity index (χ3v) is 15.1. The third kappa shape index (κ3) is 11.0. The molecule has 73 heavy (non-hydrogen) atoms. The highest BCUT2D eigenvalue weighted by Crippen LogP contribution is 2.40. The van der Waals surface area contributed by atoms with Gasteiger partial charge in [0, 0.05) is 64.5 Å². The molecule has 3 aliphatic rings. The number of ether oxygens (including phenoxy) is 2. The summed E-state index contributed by atoms with van der Waals surface area (Å²) in [6.45, 7) is 14.8. The molecule has 4 N–H and O–H groups in total. The summed E-state index contributed by atoms with van der Waals surface area (Å²) in [7, 11) is 0. The number of likely N-dealkylation sites (tertiary alicyclic amines) is 1. The number of amides is 4. The van der Waals surface area contributed by atoms with Crippen LogP contribution in [0.25, 0.3) is 16.3 Å². The maximum Gasteiger partial charge on any atom is 0.258 e. The van der Waals surface area contributed by atoms with Gasteiger partial charge in [0.25, 0.3) is 5.91 Å². The number of hydrogen-bond acceptors (Lipinski definition) is 14. The molecule has 4 amide bonds. The predicted octanol–water partition coefficient (Wildman–Crippen LogP) is 7.02. The number of pyridine rings is 1. The fraction of sp³-hybridized carbons (Fsp3) is 0.415. The van der Waals surface area contributed by atoms with Gasteiger partial charge in [-0.1, -0.05) is 68.8 Å². The van der Waals surface area contributed by atoms with Gasteiger partial charge in [-0.05, 0) is 69.4 Å². The number of β-amino-alcohol motifs (C(OH)–C–C–N with tert-alkyl or cyclic N) is 1.